The lowest BCUT2D eigenvalue weighted by Crippen LogP contribution is -2.14. The Morgan fingerprint density at radius 1 is 1.00 bits per heavy atom. The van der Waals surface area contributed by atoms with Crippen LogP contribution < -0.4 is 11.0 Å². The summed E-state index contributed by atoms with van der Waals surface area (Å²) < 4.78 is 5.41. The fourth-order valence-electron chi connectivity index (χ4n) is 2.27. The van der Waals surface area contributed by atoms with Gasteiger partial charge < -0.3 is 4.42 Å². The van der Waals surface area contributed by atoms with Gasteiger partial charge in [-0.25, -0.2) is 4.79 Å². The molecule has 84 valence electrons. The molecule has 0 spiro atoms. The minimum Gasteiger partial charge on any atom is -0.422 e. The summed E-state index contributed by atoms with van der Waals surface area (Å²) in [6.07, 6.45) is 0. The van der Waals surface area contributed by atoms with Crippen molar-refractivity contribution in [3.05, 3.63) is 52.2 Å². The summed E-state index contributed by atoms with van der Waals surface area (Å²) >= 11 is 0. The van der Waals surface area contributed by atoms with E-state index in [9.17, 15) is 4.79 Å². The molecule has 2 heteroatoms. The first-order chi connectivity index (χ1) is 8.18. The van der Waals surface area contributed by atoms with E-state index in [4.69, 9.17) is 4.42 Å². The van der Waals surface area contributed by atoms with E-state index >= 15 is 0 Å². The van der Waals surface area contributed by atoms with Crippen molar-refractivity contribution in [2.45, 2.75) is 13.8 Å². The fraction of sp³-hybridized carbons (Fsp3) is 0.133. The molecule has 0 bridgehead atoms. The molecule has 0 N–H and O–H groups in total. The molecular formula is C15H12O2. The van der Waals surface area contributed by atoms with Gasteiger partial charge >= 0.3 is 5.63 Å². The van der Waals surface area contributed by atoms with E-state index in [1.54, 1.807) is 0 Å². The van der Waals surface area contributed by atoms with Gasteiger partial charge in [0.2, 0.25) is 0 Å². The van der Waals surface area contributed by atoms with E-state index in [0.717, 1.165) is 21.7 Å². The van der Waals surface area contributed by atoms with E-state index in [0.29, 0.717) is 10.8 Å². The summed E-state index contributed by atoms with van der Waals surface area (Å²) in [6.45, 7) is 3.91. The molecule has 1 aromatic heterocycles. The smallest absolute Gasteiger partial charge is 0.344 e. The van der Waals surface area contributed by atoms with Crippen molar-refractivity contribution >= 4 is 27.1 Å². The molecule has 0 fully saturated rings. The third-order valence-corrected chi connectivity index (χ3v) is 3.02. The maximum Gasteiger partial charge on any atom is 0.344 e. The van der Waals surface area contributed by atoms with Crippen molar-refractivity contribution in [1.29, 1.82) is 0 Å². The maximum absolute atomic E-state index is 11.9. The van der Waals surface area contributed by atoms with Crippen LogP contribution in [0, 0.1) is 0 Å². The summed E-state index contributed by atoms with van der Waals surface area (Å²) in [5.41, 5.74) is 1.45. The Morgan fingerprint density at radius 2 is 1.65 bits per heavy atom. The molecular weight excluding hydrogens is 212 g/mol. The van der Waals surface area contributed by atoms with Crippen LogP contribution in [0.5, 0.6) is 0 Å². The highest BCUT2D eigenvalue weighted by Gasteiger charge is 2.08. The quantitative estimate of drug-likeness (QED) is 0.587. The molecule has 0 saturated heterocycles. The van der Waals surface area contributed by atoms with E-state index in [1.807, 2.05) is 50.2 Å². The van der Waals surface area contributed by atoms with Crippen LogP contribution in [-0.2, 0) is 0 Å². The van der Waals surface area contributed by atoms with Crippen LogP contribution in [0.3, 0.4) is 0 Å². The summed E-state index contributed by atoms with van der Waals surface area (Å²) in [7, 11) is 0. The highest BCUT2D eigenvalue weighted by atomic mass is 16.4. The Hall–Kier alpha value is -2.09. The van der Waals surface area contributed by atoms with Gasteiger partial charge in [0.15, 0.2) is 0 Å². The van der Waals surface area contributed by atoms with Gasteiger partial charge in [0.25, 0.3) is 0 Å². The normalized spacial score (nSPS) is 11.2. The lowest BCUT2D eigenvalue weighted by atomic mass is 10.0. The molecule has 3 aromatic rings. The molecule has 0 aliphatic heterocycles. The molecule has 2 aromatic carbocycles. The second kappa shape index (κ2) is 3.45. The SMILES string of the molecule is CC(C)=c1oc(=O)c2cccc3cccc1c32. The monoisotopic (exact) mass is 224 g/mol. The Bertz CT molecular complexity index is 816. The molecule has 0 aliphatic carbocycles. The fourth-order valence-corrected chi connectivity index (χ4v) is 2.27. The molecule has 3 rings (SSSR count). The number of benzene rings is 2. The molecule has 17 heavy (non-hydrogen) atoms. The lowest BCUT2D eigenvalue weighted by molar-refractivity contribution is 0.490. The zero-order valence-corrected chi connectivity index (χ0v) is 9.78. The van der Waals surface area contributed by atoms with E-state index < -0.39 is 0 Å². The van der Waals surface area contributed by atoms with Gasteiger partial charge in [0, 0.05) is 10.8 Å². The summed E-state index contributed by atoms with van der Waals surface area (Å²) in [4.78, 5) is 11.9. The van der Waals surface area contributed by atoms with Crippen molar-refractivity contribution in [2.24, 2.45) is 0 Å². The largest absolute Gasteiger partial charge is 0.422 e. The predicted octanol–water partition coefficient (Wildman–Crippen LogP) is 2.86. The number of hydrogen-bond donors (Lipinski definition) is 0. The standard InChI is InChI=1S/C15H12O2/c1-9(2)14-11-7-3-5-10-6-4-8-12(13(10)11)15(16)17-14/h3-8H,1-2H3. The molecule has 0 aliphatic rings. The first-order valence-electron chi connectivity index (χ1n) is 5.60. The van der Waals surface area contributed by atoms with E-state index in [1.165, 1.54) is 0 Å². The van der Waals surface area contributed by atoms with Gasteiger partial charge in [-0.05, 0) is 30.9 Å². The summed E-state index contributed by atoms with van der Waals surface area (Å²) in [6, 6.07) is 11.7. The molecule has 0 saturated carbocycles. The van der Waals surface area contributed by atoms with Gasteiger partial charge in [0.1, 0.15) is 5.42 Å². The first kappa shape index (κ1) is 10.1. The number of rotatable bonds is 0. The van der Waals surface area contributed by atoms with Crippen LogP contribution in [0.1, 0.15) is 13.8 Å². The third kappa shape index (κ3) is 1.37. The zero-order valence-electron chi connectivity index (χ0n) is 9.78. The summed E-state index contributed by atoms with van der Waals surface area (Å²) in [5.74, 6) is 0. The molecule has 0 atom stereocenters. The lowest BCUT2D eigenvalue weighted by Gasteiger charge is -2.04. The first-order valence-corrected chi connectivity index (χ1v) is 5.60. The highest BCUT2D eigenvalue weighted by Crippen LogP contribution is 2.22. The van der Waals surface area contributed by atoms with Crippen molar-refractivity contribution in [2.75, 3.05) is 0 Å². The van der Waals surface area contributed by atoms with Gasteiger partial charge in [-0.3, -0.25) is 0 Å². The number of hydrogen-bond acceptors (Lipinski definition) is 2. The molecule has 0 radical (unpaired) electrons. The molecule has 1 heterocycles. The maximum atomic E-state index is 11.9. The zero-order chi connectivity index (χ0) is 12.0. The minimum absolute atomic E-state index is 0.259. The van der Waals surface area contributed by atoms with Crippen LogP contribution in [0.4, 0.5) is 0 Å². The van der Waals surface area contributed by atoms with Crippen LogP contribution in [0.15, 0.2) is 45.6 Å². The second-order valence-corrected chi connectivity index (χ2v) is 4.43. The summed E-state index contributed by atoms with van der Waals surface area (Å²) in [5, 5.41) is 3.75. The van der Waals surface area contributed by atoms with Gasteiger partial charge in [-0.15, -0.1) is 0 Å². The van der Waals surface area contributed by atoms with Crippen molar-refractivity contribution < 1.29 is 4.42 Å². The van der Waals surface area contributed by atoms with Gasteiger partial charge in [-0.2, -0.15) is 0 Å². The van der Waals surface area contributed by atoms with E-state index in [-0.39, 0.29) is 5.63 Å². The molecule has 0 unspecified atom stereocenters. The van der Waals surface area contributed by atoms with Crippen molar-refractivity contribution in [3.8, 4) is 0 Å². The molecule has 2 nitrogen and oxygen atoms in total. The van der Waals surface area contributed by atoms with Crippen LogP contribution >= 0.6 is 0 Å². The van der Waals surface area contributed by atoms with Crippen LogP contribution in [0.2, 0.25) is 0 Å². The minimum atomic E-state index is -0.259. The van der Waals surface area contributed by atoms with Crippen LogP contribution in [0.25, 0.3) is 27.1 Å². The van der Waals surface area contributed by atoms with Gasteiger partial charge in [0.05, 0.1) is 5.39 Å². The Kier molecular flexibility index (Phi) is 2.05. The Labute approximate surface area is 98.2 Å². The Morgan fingerprint density at radius 3 is 2.29 bits per heavy atom. The average molecular weight is 224 g/mol. The van der Waals surface area contributed by atoms with Crippen LogP contribution in [-0.4, -0.2) is 0 Å². The van der Waals surface area contributed by atoms with Crippen molar-refractivity contribution in [1.82, 2.24) is 0 Å². The van der Waals surface area contributed by atoms with Crippen molar-refractivity contribution in [3.63, 3.8) is 0 Å². The predicted molar refractivity (Wildman–Crippen MR) is 70.0 cm³/mol. The highest BCUT2D eigenvalue weighted by molar-refractivity contribution is 6.09. The topological polar surface area (TPSA) is 30.2 Å². The average Bonchev–Trinajstić information content (AvgIpc) is 2.33. The second-order valence-electron chi connectivity index (χ2n) is 4.43. The van der Waals surface area contributed by atoms with Gasteiger partial charge in [-0.1, -0.05) is 30.3 Å². The third-order valence-electron chi connectivity index (χ3n) is 3.02. The molecule has 0 amide bonds. The Balaban J connectivity index is 2.81. The van der Waals surface area contributed by atoms with E-state index in [2.05, 4.69) is 0 Å².